The van der Waals surface area contributed by atoms with Crippen LogP contribution < -0.4 is 0 Å². The van der Waals surface area contributed by atoms with Gasteiger partial charge in [0, 0.05) is 0 Å². The molecule has 4 aliphatic carbocycles. The number of allylic oxidation sites excluding steroid dienone is 5. The van der Waals surface area contributed by atoms with Crippen LogP contribution in [0.1, 0.15) is 92.4 Å². The van der Waals surface area contributed by atoms with Crippen molar-refractivity contribution in [2.75, 3.05) is 0 Å². The van der Waals surface area contributed by atoms with Gasteiger partial charge in [-0.15, -0.1) is 0 Å². The standard InChI is InChI=1S/C27H42O/c1-18(2)7-6-8-19(3)23-11-12-24-22-10-9-20-17-21(28)13-15-26(20,4)25(22)14-16-27(23,24)5/h7,9-10,19,21,23-25,28H,6,8,11-17H2,1-5H3/t19?,21?,23?,24-,25-,26-,27+/m0/s1. The number of aliphatic hydroxyl groups excluding tert-OH is 1. The summed E-state index contributed by atoms with van der Waals surface area (Å²) in [6.45, 7) is 12.1. The van der Waals surface area contributed by atoms with Gasteiger partial charge in [-0.2, -0.15) is 0 Å². The van der Waals surface area contributed by atoms with Gasteiger partial charge in [0.05, 0.1) is 6.10 Å². The molecule has 0 amide bonds. The average molecular weight is 383 g/mol. The van der Waals surface area contributed by atoms with Crippen molar-refractivity contribution in [2.24, 2.45) is 34.5 Å². The Kier molecular flexibility index (Phi) is 5.45. The molecule has 0 aliphatic heterocycles. The lowest BCUT2D eigenvalue weighted by molar-refractivity contribution is 0.0328. The van der Waals surface area contributed by atoms with E-state index in [0.29, 0.717) is 10.8 Å². The van der Waals surface area contributed by atoms with Gasteiger partial charge in [-0.25, -0.2) is 0 Å². The van der Waals surface area contributed by atoms with E-state index in [1.807, 2.05) is 0 Å². The van der Waals surface area contributed by atoms with Gasteiger partial charge in [-0.05, 0) is 106 Å². The van der Waals surface area contributed by atoms with E-state index in [2.05, 4.69) is 52.8 Å². The molecule has 0 heterocycles. The first-order chi connectivity index (χ1) is 13.3. The van der Waals surface area contributed by atoms with Gasteiger partial charge < -0.3 is 5.11 Å². The topological polar surface area (TPSA) is 20.2 Å². The summed E-state index contributed by atoms with van der Waals surface area (Å²) in [5.41, 5.74) is 5.60. The van der Waals surface area contributed by atoms with Crippen LogP contribution in [0.2, 0.25) is 0 Å². The van der Waals surface area contributed by atoms with E-state index < -0.39 is 0 Å². The highest BCUT2D eigenvalue weighted by atomic mass is 16.3. The molecule has 0 saturated heterocycles. The highest BCUT2D eigenvalue weighted by Gasteiger charge is 2.56. The van der Waals surface area contributed by atoms with E-state index in [0.717, 1.165) is 36.5 Å². The Morgan fingerprint density at radius 3 is 2.64 bits per heavy atom. The Morgan fingerprint density at radius 2 is 1.89 bits per heavy atom. The lowest BCUT2D eigenvalue weighted by atomic mass is 9.50. The van der Waals surface area contributed by atoms with Crippen LogP contribution in [0.5, 0.6) is 0 Å². The molecule has 4 aliphatic rings. The van der Waals surface area contributed by atoms with E-state index >= 15 is 0 Å². The molecule has 0 aromatic carbocycles. The first-order valence-electron chi connectivity index (χ1n) is 12.0. The van der Waals surface area contributed by atoms with Gasteiger partial charge in [0.25, 0.3) is 0 Å². The molecule has 0 aromatic rings. The number of fused-ring (bicyclic) bond motifs is 5. The molecule has 4 rings (SSSR count). The largest absolute Gasteiger partial charge is 0.393 e. The van der Waals surface area contributed by atoms with Crippen molar-refractivity contribution in [1.82, 2.24) is 0 Å². The van der Waals surface area contributed by atoms with Gasteiger partial charge in [0.2, 0.25) is 0 Å². The second-order valence-corrected chi connectivity index (χ2v) is 11.3. The second-order valence-electron chi connectivity index (χ2n) is 11.3. The van der Waals surface area contributed by atoms with Gasteiger partial charge in [0.15, 0.2) is 0 Å². The third kappa shape index (κ3) is 3.26. The summed E-state index contributed by atoms with van der Waals surface area (Å²) in [6, 6.07) is 0. The zero-order valence-electron chi connectivity index (χ0n) is 18.9. The normalized spacial score (nSPS) is 43.2. The Hall–Kier alpha value is -0.820. The fourth-order valence-electron chi connectivity index (χ4n) is 7.79. The zero-order valence-corrected chi connectivity index (χ0v) is 18.9. The summed E-state index contributed by atoms with van der Waals surface area (Å²) in [4.78, 5) is 0. The third-order valence-corrected chi connectivity index (χ3v) is 9.48. The van der Waals surface area contributed by atoms with Gasteiger partial charge in [-0.1, -0.05) is 55.7 Å². The van der Waals surface area contributed by atoms with Gasteiger partial charge >= 0.3 is 0 Å². The molecule has 7 atom stereocenters. The molecular formula is C27H42O. The molecule has 3 unspecified atom stereocenters. The molecule has 3 saturated carbocycles. The average Bonchev–Trinajstić information content (AvgIpc) is 2.99. The zero-order chi connectivity index (χ0) is 20.1. The molecule has 28 heavy (non-hydrogen) atoms. The molecule has 1 N–H and O–H groups in total. The summed E-state index contributed by atoms with van der Waals surface area (Å²) in [6.07, 6.45) is 18.5. The van der Waals surface area contributed by atoms with Gasteiger partial charge in [-0.3, -0.25) is 0 Å². The lowest BCUT2D eigenvalue weighted by Gasteiger charge is -2.55. The maximum Gasteiger partial charge on any atom is 0.0578 e. The molecule has 1 heteroatoms. The summed E-state index contributed by atoms with van der Waals surface area (Å²) in [7, 11) is 0. The van der Waals surface area contributed by atoms with Gasteiger partial charge in [0.1, 0.15) is 0 Å². The first-order valence-corrected chi connectivity index (χ1v) is 12.0. The Balaban J connectivity index is 1.55. The summed E-state index contributed by atoms with van der Waals surface area (Å²) >= 11 is 0. The van der Waals surface area contributed by atoms with E-state index in [1.165, 1.54) is 56.1 Å². The Labute approximate surface area is 173 Å². The van der Waals surface area contributed by atoms with Crippen LogP contribution in [-0.4, -0.2) is 11.2 Å². The second kappa shape index (κ2) is 7.46. The highest BCUT2D eigenvalue weighted by molar-refractivity contribution is 5.38. The molecule has 0 spiro atoms. The van der Waals surface area contributed by atoms with Crippen molar-refractivity contribution in [3.05, 3.63) is 34.9 Å². The summed E-state index contributed by atoms with van der Waals surface area (Å²) in [5.74, 6) is 3.25. The fraction of sp³-hybridized carbons (Fsp3) is 0.778. The molecule has 156 valence electrons. The van der Waals surface area contributed by atoms with Crippen LogP contribution in [0, 0.1) is 34.5 Å². The van der Waals surface area contributed by atoms with E-state index in [1.54, 1.807) is 5.57 Å². The van der Waals surface area contributed by atoms with Crippen molar-refractivity contribution >= 4 is 0 Å². The van der Waals surface area contributed by atoms with Crippen LogP contribution in [-0.2, 0) is 0 Å². The number of hydrogen-bond donors (Lipinski definition) is 1. The minimum atomic E-state index is -0.111. The molecule has 0 bridgehead atoms. The predicted octanol–water partition coefficient (Wildman–Crippen LogP) is 7.23. The molecule has 0 radical (unpaired) electrons. The number of rotatable bonds is 4. The van der Waals surface area contributed by atoms with Crippen molar-refractivity contribution < 1.29 is 5.11 Å². The smallest absolute Gasteiger partial charge is 0.0578 e. The monoisotopic (exact) mass is 382 g/mol. The van der Waals surface area contributed by atoms with Crippen LogP contribution in [0.4, 0.5) is 0 Å². The molecule has 1 nitrogen and oxygen atoms in total. The van der Waals surface area contributed by atoms with Crippen molar-refractivity contribution in [1.29, 1.82) is 0 Å². The minimum absolute atomic E-state index is 0.111. The summed E-state index contributed by atoms with van der Waals surface area (Å²) in [5, 5.41) is 10.2. The van der Waals surface area contributed by atoms with Crippen molar-refractivity contribution in [3.8, 4) is 0 Å². The van der Waals surface area contributed by atoms with Crippen molar-refractivity contribution in [3.63, 3.8) is 0 Å². The predicted molar refractivity (Wildman–Crippen MR) is 119 cm³/mol. The highest BCUT2D eigenvalue weighted by Crippen LogP contribution is 2.66. The number of aliphatic hydroxyl groups is 1. The quantitative estimate of drug-likeness (QED) is 0.508. The third-order valence-electron chi connectivity index (χ3n) is 9.48. The van der Waals surface area contributed by atoms with Crippen LogP contribution in [0.25, 0.3) is 0 Å². The Bertz CT molecular complexity index is 693. The van der Waals surface area contributed by atoms with Crippen LogP contribution in [0.3, 0.4) is 0 Å². The first kappa shape index (κ1) is 20.5. The Morgan fingerprint density at radius 1 is 1.11 bits per heavy atom. The van der Waals surface area contributed by atoms with Crippen molar-refractivity contribution in [2.45, 2.75) is 98.5 Å². The molecule has 3 fully saturated rings. The van der Waals surface area contributed by atoms with E-state index in [9.17, 15) is 5.11 Å². The number of hydrogen-bond acceptors (Lipinski definition) is 1. The van der Waals surface area contributed by atoms with E-state index in [4.69, 9.17) is 0 Å². The SMILES string of the molecule is CC(C)=CCCC(C)C1CC[C@H]2C3=CC=C4CC(O)CC[C@]4(C)[C@H]3CC[C@]12C. The molecular weight excluding hydrogens is 340 g/mol. The maximum atomic E-state index is 10.2. The molecule has 0 aromatic heterocycles. The fourth-order valence-corrected chi connectivity index (χ4v) is 7.79. The lowest BCUT2D eigenvalue weighted by Crippen LogP contribution is -2.46. The van der Waals surface area contributed by atoms with Crippen LogP contribution >= 0.6 is 0 Å². The minimum Gasteiger partial charge on any atom is -0.393 e. The summed E-state index contributed by atoms with van der Waals surface area (Å²) < 4.78 is 0. The maximum absolute atomic E-state index is 10.2. The van der Waals surface area contributed by atoms with Crippen LogP contribution in [0.15, 0.2) is 34.9 Å². The van der Waals surface area contributed by atoms with E-state index in [-0.39, 0.29) is 6.10 Å².